The molecule has 0 spiro atoms. The molecule has 1 N–H and O–H groups in total. The molecule has 7 nitrogen and oxygen atoms in total. The van der Waals surface area contributed by atoms with Crippen molar-refractivity contribution in [3.8, 4) is 11.5 Å². The number of rotatable bonds is 8. The van der Waals surface area contributed by atoms with Crippen LogP contribution in [0, 0.1) is 0 Å². The van der Waals surface area contributed by atoms with Gasteiger partial charge in [-0.3, -0.25) is 14.4 Å². The Morgan fingerprint density at radius 1 is 1.17 bits per heavy atom. The second-order valence-electron chi connectivity index (χ2n) is 6.10. The topological polar surface area (TPSA) is 93.1 Å². The van der Waals surface area contributed by atoms with E-state index in [0.717, 1.165) is 16.7 Å². The van der Waals surface area contributed by atoms with E-state index < -0.39 is 11.9 Å². The third kappa shape index (κ3) is 5.03. The van der Waals surface area contributed by atoms with Gasteiger partial charge < -0.3 is 14.6 Å². The summed E-state index contributed by atoms with van der Waals surface area (Å²) in [5.74, 6) is -0.514. The Balaban J connectivity index is 1.84. The van der Waals surface area contributed by atoms with Crippen LogP contribution < -0.4 is 14.4 Å². The van der Waals surface area contributed by atoms with Crippen molar-refractivity contribution in [1.82, 2.24) is 0 Å². The fraction of sp³-hybridized carbons (Fsp3) is 0.190. The summed E-state index contributed by atoms with van der Waals surface area (Å²) in [5, 5.41) is 8.37. The number of carbonyl (C=O) groups is 3. The van der Waals surface area contributed by atoms with Crippen LogP contribution in [0.2, 0.25) is 0 Å². The van der Waals surface area contributed by atoms with E-state index in [4.69, 9.17) is 14.6 Å². The van der Waals surface area contributed by atoms with Crippen molar-refractivity contribution in [3.63, 3.8) is 0 Å². The van der Waals surface area contributed by atoms with Gasteiger partial charge in [0.2, 0.25) is 0 Å². The molecule has 0 unspecified atom stereocenters. The second kappa shape index (κ2) is 9.82. The van der Waals surface area contributed by atoms with Crippen molar-refractivity contribution in [2.24, 2.45) is 0 Å². The Labute approximate surface area is 185 Å². The van der Waals surface area contributed by atoms with Crippen LogP contribution in [0.15, 0.2) is 51.8 Å². The largest absolute Gasteiger partial charge is 0.490 e. The number of ether oxygens (including phenoxy) is 2. The quantitative estimate of drug-likeness (QED) is 0.522. The summed E-state index contributed by atoms with van der Waals surface area (Å²) in [6.07, 6.45) is 1.49. The molecule has 0 aromatic heterocycles. The minimum Gasteiger partial charge on any atom is -0.490 e. The highest BCUT2D eigenvalue weighted by molar-refractivity contribution is 9.10. The lowest BCUT2D eigenvalue weighted by molar-refractivity contribution is -0.137. The van der Waals surface area contributed by atoms with E-state index in [1.54, 1.807) is 48.5 Å². The number of anilines is 1. The molecule has 1 saturated heterocycles. The molecule has 2 aromatic carbocycles. The number of aliphatic carboxylic acids is 1. The van der Waals surface area contributed by atoms with Crippen molar-refractivity contribution in [2.45, 2.75) is 13.3 Å². The maximum atomic E-state index is 12.8. The van der Waals surface area contributed by atoms with Crippen LogP contribution in [-0.2, 0) is 9.59 Å². The first-order valence-electron chi connectivity index (χ1n) is 9.04. The summed E-state index contributed by atoms with van der Waals surface area (Å²) in [6, 6.07) is 12.1. The number of hydrogen-bond donors (Lipinski definition) is 1. The van der Waals surface area contributed by atoms with Crippen molar-refractivity contribution in [2.75, 3.05) is 18.1 Å². The van der Waals surface area contributed by atoms with Gasteiger partial charge in [0.05, 0.1) is 30.2 Å². The number of carbonyl (C=O) groups excluding carboxylic acids is 2. The van der Waals surface area contributed by atoms with Crippen molar-refractivity contribution in [1.29, 1.82) is 0 Å². The maximum absolute atomic E-state index is 12.8. The number of carboxylic acid groups (broad SMARTS) is 1. The molecule has 0 aliphatic carbocycles. The van der Waals surface area contributed by atoms with Gasteiger partial charge in [-0.25, -0.2) is 4.90 Å². The predicted octanol–water partition coefficient (Wildman–Crippen LogP) is 4.94. The number of thioether (sulfide) groups is 1. The molecule has 0 bridgehead atoms. The Bertz CT molecular complexity index is 1020. The first-order chi connectivity index (χ1) is 14.4. The van der Waals surface area contributed by atoms with Crippen molar-refractivity contribution in [3.05, 3.63) is 57.4 Å². The van der Waals surface area contributed by atoms with Crippen LogP contribution in [0.5, 0.6) is 11.5 Å². The Kier molecular flexibility index (Phi) is 7.17. The maximum Gasteiger partial charge on any atom is 0.306 e. The normalized spacial score (nSPS) is 15.0. The van der Waals surface area contributed by atoms with Crippen LogP contribution in [0.4, 0.5) is 10.5 Å². The third-order valence-corrected chi connectivity index (χ3v) is 5.57. The lowest BCUT2D eigenvalue weighted by Gasteiger charge is -2.14. The highest BCUT2D eigenvalue weighted by Gasteiger charge is 2.37. The predicted molar refractivity (Wildman–Crippen MR) is 118 cm³/mol. The summed E-state index contributed by atoms with van der Waals surface area (Å²) in [5.41, 5.74) is 1.14. The molecule has 1 fully saturated rings. The standard InChI is InChI=1S/C21H18BrNO6S/c1-2-28-17-11-13(7-8-16(17)29-10-9-19(24)25)12-18-20(26)23(21(27)30-18)15-6-4-3-5-14(15)22/h3-8,11-12H,2,9-10H2,1H3,(H,24,25)/b18-12+. The Morgan fingerprint density at radius 2 is 1.93 bits per heavy atom. The van der Waals surface area contributed by atoms with Crippen LogP contribution in [0.1, 0.15) is 18.9 Å². The molecule has 1 heterocycles. The molecule has 0 radical (unpaired) electrons. The highest BCUT2D eigenvalue weighted by Crippen LogP contribution is 2.39. The van der Waals surface area contributed by atoms with Gasteiger partial charge in [-0.15, -0.1) is 0 Å². The Hall–Kier alpha value is -2.78. The van der Waals surface area contributed by atoms with Crippen LogP contribution in [0.25, 0.3) is 6.08 Å². The number of benzene rings is 2. The average Bonchev–Trinajstić information content (AvgIpc) is 2.97. The Morgan fingerprint density at radius 3 is 2.63 bits per heavy atom. The lowest BCUT2D eigenvalue weighted by Crippen LogP contribution is -2.27. The molecule has 1 aliphatic heterocycles. The van der Waals surface area contributed by atoms with Gasteiger partial charge >= 0.3 is 5.97 Å². The number of carboxylic acids is 1. The van der Waals surface area contributed by atoms with E-state index in [2.05, 4.69) is 15.9 Å². The minimum absolute atomic E-state index is 0.0135. The van der Waals surface area contributed by atoms with Crippen LogP contribution in [-0.4, -0.2) is 35.4 Å². The zero-order valence-corrected chi connectivity index (χ0v) is 18.4. The third-order valence-electron chi connectivity index (χ3n) is 4.03. The van der Waals surface area contributed by atoms with E-state index in [-0.39, 0.29) is 23.2 Å². The van der Waals surface area contributed by atoms with E-state index >= 15 is 0 Å². The van der Waals surface area contributed by atoms with Crippen LogP contribution in [0.3, 0.4) is 0 Å². The van der Waals surface area contributed by atoms with E-state index in [9.17, 15) is 14.4 Å². The first-order valence-corrected chi connectivity index (χ1v) is 10.7. The summed E-state index contributed by atoms with van der Waals surface area (Å²) < 4.78 is 11.7. The molecule has 30 heavy (non-hydrogen) atoms. The van der Waals surface area contributed by atoms with Crippen molar-refractivity contribution >= 4 is 56.6 Å². The smallest absolute Gasteiger partial charge is 0.306 e. The minimum atomic E-state index is -0.953. The van der Waals surface area contributed by atoms with E-state index in [1.807, 2.05) is 6.92 Å². The highest BCUT2D eigenvalue weighted by atomic mass is 79.9. The first kappa shape index (κ1) is 21.9. The molecule has 0 atom stereocenters. The molecule has 0 saturated carbocycles. The fourth-order valence-corrected chi connectivity index (χ4v) is 4.01. The molecule has 1 aliphatic rings. The monoisotopic (exact) mass is 491 g/mol. The summed E-state index contributed by atoms with van der Waals surface area (Å²) in [6.45, 7) is 2.22. The zero-order chi connectivity index (χ0) is 21.7. The number of nitrogens with zero attached hydrogens (tertiary/aromatic N) is 1. The van der Waals surface area contributed by atoms with Gasteiger partial charge in [0.1, 0.15) is 0 Å². The number of imide groups is 1. The summed E-state index contributed by atoms with van der Waals surface area (Å²) >= 11 is 4.23. The van der Waals surface area contributed by atoms with E-state index in [0.29, 0.717) is 33.8 Å². The molecule has 9 heteroatoms. The van der Waals surface area contributed by atoms with Gasteiger partial charge in [-0.05, 0) is 70.5 Å². The molecule has 156 valence electrons. The molecular weight excluding hydrogens is 474 g/mol. The number of hydrogen-bond acceptors (Lipinski definition) is 6. The van der Waals surface area contributed by atoms with Gasteiger partial charge in [-0.2, -0.15) is 0 Å². The number of para-hydroxylation sites is 1. The average molecular weight is 492 g/mol. The second-order valence-corrected chi connectivity index (χ2v) is 7.95. The zero-order valence-electron chi connectivity index (χ0n) is 16.0. The SMILES string of the molecule is CCOc1cc(/C=C2/SC(=O)N(c3ccccc3Br)C2=O)ccc1OCCC(=O)O. The molecular formula is C21H18BrNO6S. The van der Waals surface area contributed by atoms with E-state index in [1.165, 1.54) is 0 Å². The number of amides is 2. The molecule has 3 rings (SSSR count). The molecule has 2 amide bonds. The van der Waals surface area contributed by atoms with Gasteiger partial charge in [0.25, 0.3) is 11.1 Å². The van der Waals surface area contributed by atoms with Gasteiger partial charge in [0.15, 0.2) is 11.5 Å². The van der Waals surface area contributed by atoms with Gasteiger partial charge in [0, 0.05) is 4.47 Å². The molecule has 2 aromatic rings. The number of halogens is 1. The van der Waals surface area contributed by atoms with Crippen molar-refractivity contribution < 1.29 is 29.0 Å². The lowest BCUT2D eigenvalue weighted by atomic mass is 10.1. The summed E-state index contributed by atoms with van der Waals surface area (Å²) in [7, 11) is 0. The summed E-state index contributed by atoms with van der Waals surface area (Å²) in [4.78, 5) is 37.4. The van der Waals surface area contributed by atoms with Crippen LogP contribution >= 0.6 is 27.7 Å². The fourth-order valence-electron chi connectivity index (χ4n) is 2.71. The van der Waals surface area contributed by atoms with Gasteiger partial charge in [-0.1, -0.05) is 18.2 Å².